The molecule has 3 rings (SSSR count). The van der Waals surface area contributed by atoms with Gasteiger partial charge in [0, 0.05) is 24.5 Å². The summed E-state index contributed by atoms with van der Waals surface area (Å²) in [5.41, 5.74) is 1.59. The standard InChI is InChI=1S/C16H16Cl2N2O2S/c17-14-4-3-5-15(16(14)18)23(21,22)19-12-6-8-13(9-7-12)20-10-1-2-11-20/h3-9,19H,1-2,10-11H2. The molecule has 1 heterocycles. The van der Waals surface area contributed by atoms with Gasteiger partial charge in [-0.15, -0.1) is 0 Å². The van der Waals surface area contributed by atoms with Gasteiger partial charge in [-0.3, -0.25) is 4.72 Å². The molecule has 0 unspecified atom stereocenters. The summed E-state index contributed by atoms with van der Waals surface area (Å²) in [6.07, 6.45) is 2.39. The predicted molar refractivity (Wildman–Crippen MR) is 95.2 cm³/mol. The maximum atomic E-state index is 12.5. The lowest BCUT2D eigenvalue weighted by atomic mass is 10.2. The lowest BCUT2D eigenvalue weighted by Crippen LogP contribution is -2.17. The number of nitrogens with zero attached hydrogens (tertiary/aromatic N) is 1. The molecule has 0 aromatic heterocycles. The van der Waals surface area contributed by atoms with Crippen molar-refractivity contribution in [1.29, 1.82) is 0 Å². The molecule has 2 aromatic rings. The van der Waals surface area contributed by atoms with Gasteiger partial charge in [0.2, 0.25) is 0 Å². The minimum Gasteiger partial charge on any atom is -0.372 e. The number of anilines is 2. The first-order chi connectivity index (χ1) is 11.0. The van der Waals surface area contributed by atoms with Crippen molar-refractivity contribution in [3.63, 3.8) is 0 Å². The molecule has 0 bridgehead atoms. The molecule has 0 aliphatic carbocycles. The van der Waals surface area contributed by atoms with Crippen molar-refractivity contribution in [3.8, 4) is 0 Å². The number of rotatable bonds is 4. The minimum atomic E-state index is -3.78. The third-order valence-electron chi connectivity index (χ3n) is 3.80. The van der Waals surface area contributed by atoms with E-state index in [1.54, 1.807) is 24.3 Å². The zero-order valence-electron chi connectivity index (χ0n) is 12.3. The quantitative estimate of drug-likeness (QED) is 0.867. The highest BCUT2D eigenvalue weighted by Crippen LogP contribution is 2.30. The lowest BCUT2D eigenvalue weighted by Gasteiger charge is -2.18. The second kappa shape index (κ2) is 6.59. The van der Waals surface area contributed by atoms with Crippen molar-refractivity contribution in [2.45, 2.75) is 17.7 Å². The molecule has 1 aliphatic heterocycles. The fourth-order valence-electron chi connectivity index (χ4n) is 2.62. The van der Waals surface area contributed by atoms with Gasteiger partial charge in [0.1, 0.15) is 4.90 Å². The van der Waals surface area contributed by atoms with Crippen molar-refractivity contribution < 1.29 is 8.42 Å². The van der Waals surface area contributed by atoms with Gasteiger partial charge in [0.15, 0.2) is 0 Å². The summed E-state index contributed by atoms with van der Waals surface area (Å²) in [6.45, 7) is 2.09. The first-order valence-corrected chi connectivity index (χ1v) is 9.53. The van der Waals surface area contributed by atoms with E-state index in [0.717, 1.165) is 18.8 Å². The fraction of sp³-hybridized carbons (Fsp3) is 0.250. The van der Waals surface area contributed by atoms with Crippen molar-refractivity contribution in [1.82, 2.24) is 0 Å². The van der Waals surface area contributed by atoms with Crippen molar-refractivity contribution in [3.05, 3.63) is 52.5 Å². The van der Waals surface area contributed by atoms with Crippen molar-refractivity contribution >= 4 is 44.6 Å². The Labute approximate surface area is 146 Å². The van der Waals surface area contributed by atoms with Gasteiger partial charge in [-0.25, -0.2) is 8.42 Å². The van der Waals surface area contributed by atoms with Crippen LogP contribution in [0.5, 0.6) is 0 Å². The summed E-state index contributed by atoms with van der Waals surface area (Å²) in [5, 5.41) is 0.231. The molecule has 0 spiro atoms. The average Bonchev–Trinajstić information content (AvgIpc) is 3.04. The molecule has 0 radical (unpaired) electrons. The summed E-state index contributed by atoms with van der Waals surface area (Å²) in [7, 11) is -3.78. The Morgan fingerprint density at radius 2 is 1.61 bits per heavy atom. The van der Waals surface area contributed by atoms with Crippen LogP contribution in [0.15, 0.2) is 47.4 Å². The van der Waals surface area contributed by atoms with E-state index in [4.69, 9.17) is 23.2 Å². The molecule has 0 atom stereocenters. The predicted octanol–water partition coefficient (Wildman–Crippen LogP) is 4.39. The first kappa shape index (κ1) is 16.4. The number of hydrogen-bond acceptors (Lipinski definition) is 3. The summed E-state index contributed by atoms with van der Waals surface area (Å²) in [5.74, 6) is 0. The van der Waals surface area contributed by atoms with Gasteiger partial charge in [-0.1, -0.05) is 29.3 Å². The second-order valence-electron chi connectivity index (χ2n) is 5.40. The van der Waals surface area contributed by atoms with Gasteiger partial charge in [-0.2, -0.15) is 0 Å². The van der Waals surface area contributed by atoms with Gasteiger partial charge >= 0.3 is 0 Å². The largest absolute Gasteiger partial charge is 0.372 e. The van der Waals surface area contributed by atoms with Crippen LogP contribution in [-0.2, 0) is 10.0 Å². The number of hydrogen-bond donors (Lipinski definition) is 1. The fourth-order valence-corrected chi connectivity index (χ4v) is 4.44. The van der Waals surface area contributed by atoms with E-state index >= 15 is 0 Å². The first-order valence-electron chi connectivity index (χ1n) is 7.29. The SMILES string of the molecule is O=S(=O)(Nc1ccc(N2CCCC2)cc1)c1cccc(Cl)c1Cl. The van der Waals surface area contributed by atoms with E-state index in [1.165, 1.54) is 18.9 Å². The van der Waals surface area contributed by atoms with Crippen LogP contribution < -0.4 is 9.62 Å². The molecule has 2 aromatic carbocycles. The molecular weight excluding hydrogens is 355 g/mol. The smallest absolute Gasteiger partial charge is 0.263 e. The van der Waals surface area contributed by atoms with Gasteiger partial charge in [0.25, 0.3) is 10.0 Å². The summed E-state index contributed by atoms with van der Waals surface area (Å²) in [6, 6.07) is 11.9. The van der Waals surface area contributed by atoms with E-state index < -0.39 is 10.0 Å². The Bertz CT molecular complexity index is 801. The van der Waals surface area contributed by atoms with Crippen LogP contribution in [0.4, 0.5) is 11.4 Å². The maximum Gasteiger partial charge on any atom is 0.263 e. The topological polar surface area (TPSA) is 49.4 Å². The van der Waals surface area contributed by atoms with Crippen LogP contribution in [-0.4, -0.2) is 21.5 Å². The van der Waals surface area contributed by atoms with Gasteiger partial charge in [-0.05, 0) is 49.2 Å². The Morgan fingerprint density at radius 3 is 2.26 bits per heavy atom. The second-order valence-corrected chi connectivity index (χ2v) is 7.83. The van der Waals surface area contributed by atoms with Crippen molar-refractivity contribution in [2.75, 3.05) is 22.7 Å². The number of benzene rings is 2. The summed E-state index contributed by atoms with van der Waals surface area (Å²) in [4.78, 5) is 2.25. The Morgan fingerprint density at radius 1 is 0.957 bits per heavy atom. The zero-order valence-corrected chi connectivity index (χ0v) is 14.6. The molecule has 23 heavy (non-hydrogen) atoms. The highest BCUT2D eigenvalue weighted by molar-refractivity contribution is 7.92. The normalized spacial score (nSPS) is 15.0. The zero-order chi connectivity index (χ0) is 16.4. The van der Waals surface area contributed by atoms with Crippen LogP contribution in [0.3, 0.4) is 0 Å². The van der Waals surface area contributed by atoms with E-state index in [-0.39, 0.29) is 14.9 Å². The molecule has 0 amide bonds. The summed E-state index contributed by atoms with van der Waals surface area (Å²) >= 11 is 11.9. The van der Waals surface area contributed by atoms with Crippen LogP contribution in [0.2, 0.25) is 10.0 Å². The van der Waals surface area contributed by atoms with Crippen LogP contribution in [0.25, 0.3) is 0 Å². The van der Waals surface area contributed by atoms with Crippen LogP contribution in [0, 0.1) is 0 Å². The number of nitrogens with one attached hydrogen (secondary N) is 1. The summed E-state index contributed by atoms with van der Waals surface area (Å²) < 4.78 is 27.4. The molecule has 4 nitrogen and oxygen atoms in total. The Balaban J connectivity index is 1.81. The number of sulfonamides is 1. The third-order valence-corrected chi connectivity index (χ3v) is 6.15. The minimum absolute atomic E-state index is 0.0235. The highest BCUT2D eigenvalue weighted by atomic mass is 35.5. The molecule has 122 valence electrons. The van der Waals surface area contributed by atoms with E-state index in [1.807, 2.05) is 12.1 Å². The van der Waals surface area contributed by atoms with E-state index in [9.17, 15) is 8.42 Å². The molecule has 0 saturated carbocycles. The van der Waals surface area contributed by atoms with Gasteiger partial charge in [0.05, 0.1) is 10.0 Å². The molecule has 1 aliphatic rings. The molecule has 1 N–H and O–H groups in total. The average molecular weight is 371 g/mol. The lowest BCUT2D eigenvalue weighted by molar-refractivity contribution is 0.601. The molecule has 1 saturated heterocycles. The van der Waals surface area contributed by atoms with E-state index in [2.05, 4.69) is 9.62 Å². The Kier molecular flexibility index (Phi) is 4.71. The monoisotopic (exact) mass is 370 g/mol. The Hall–Kier alpha value is -1.43. The maximum absolute atomic E-state index is 12.5. The molecule has 1 fully saturated rings. The highest BCUT2D eigenvalue weighted by Gasteiger charge is 2.20. The third kappa shape index (κ3) is 3.57. The molecule has 7 heteroatoms. The van der Waals surface area contributed by atoms with Crippen LogP contribution >= 0.6 is 23.2 Å². The van der Waals surface area contributed by atoms with Gasteiger partial charge < -0.3 is 4.90 Å². The molecular formula is C16H16Cl2N2O2S. The van der Waals surface area contributed by atoms with Crippen molar-refractivity contribution in [2.24, 2.45) is 0 Å². The van der Waals surface area contributed by atoms with Crippen LogP contribution in [0.1, 0.15) is 12.8 Å². The number of halogens is 2. The van der Waals surface area contributed by atoms with E-state index in [0.29, 0.717) is 5.69 Å².